The second-order valence-electron chi connectivity index (χ2n) is 5.12. The quantitative estimate of drug-likeness (QED) is 0.617. The van der Waals surface area contributed by atoms with Crippen molar-refractivity contribution in [2.45, 2.75) is 70.6 Å². The van der Waals surface area contributed by atoms with Gasteiger partial charge in [0.15, 0.2) is 0 Å². The van der Waals surface area contributed by atoms with Crippen LogP contribution in [0.2, 0.25) is 0 Å². The van der Waals surface area contributed by atoms with Crippen molar-refractivity contribution in [3.05, 3.63) is 0 Å². The standard InChI is InChI=1S/C15H28O3/c16-15-11-7-6-9-13-17-12-8-4-2-1-3-5-10-14-18-15/h1-14H2. The number of ether oxygens (including phenoxy) is 2. The fourth-order valence-electron chi connectivity index (χ4n) is 2.20. The molecule has 0 aliphatic carbocycles. The van der Waals surface area contributed by atoms with Gasteiger partial charge in [-0.25, -0.2) is 0 Å². The molecule has 1 heterocycles. The molecule has 1 fully saturated rings. The summed E-state index contributed by atoms with van der Waals surface area (Å²) >= 11 is 0. The number of hydrogen-bond donors (Lipinski definition) is 0. The predicted molar refractivity (Wildman–Crippen MR) is 72.6 cm³/mol. The van der Waals surface area contributed by atoms with Gasteiger partial charge >= 0.3 is 5.97 Å². The number of hydrogen-bond acceptors (Lipinski definition) is 3. The van der Waals surface area contributed by atoms with E-state index < -0.39 is 0 Å². The second-order valence-corrected chi connectivity index (χ2v) is 5.12. The minimum absolute atomic E-state index is 0.0276. The highest BCUT2D eigenvalue weighted by Crippen LogP contribution is 2.09. The minimum atomic E-state index is -0.0276. The zero-order chi connectivity index (χ0) is 12.9. The Morgan fingerprint density at radius 2 is 1.11 bits per heavy atom. The van der Waals surface area contributed by atoms with Crippen molar-refractivity contribution in [3.63, 3.8) is 0 Å². The first-order valence-electron chi connectivity index (χ1n) is 7.63. The van der Waals surface area contributed by atoms with Crippen LogP contribution in [-0.2, 0) is 14.3 Å². The zero-order valence-corrected chi connectivity index (χ0v) is 11.6. The summed E-state index contributed by atoms with van der Waals surface area (Å²) < 4.78 is 10.8. The highest BCUT2D eigenvalue weighted by Gasteiger charge is 2.02. The van der Waals surface area contributed by atoms with Gasteiger partial charge in [0.1, 0.15) is 0 Å². The Morgan fingerprint density at radius 3 is 1.78 bits per heavy atom. The first-order valence-corrected chi connectivity index (χ1v) is 7.63. The van der Waals surface area contributed by atoms with Gasteiger partial charge in [0.2, 0.25) is 0 Å². The zero-order valence-electron chi connectivity index (χ0n) is 11.6. The lowest BCUT2D eigenvalue weighted by Crippen LogP contribution is -2.05. The van der Waals surface area contributed by atoms with Crippen LogP contribution >= 0.6 is 0 Å². The summed E-state index contributed by atoms with van der Waals surface area (Å²) in [5, 5.41) is 0. The summed E-state index contributed by atoms with van der Waals surface area (Å²) in [4.78, 5) is 11.4. The highest BCUT2D eigenvalue weighted by atomic mass is 16.5. The van der Waals surface area contributed by atoms with Gasteiger partial charge in [-0.3, -0.25) is 4.79 Å². The average Bonchev–Trinajstić information content (AvgIpc) is 2.37. The Morgan fingerprint density at radius 1 is 0.611 bits per heavy atom. The van der Waals surface area contributed by atoms with E-state index in [0.29, 0.717) is 13.0 Å². The molecule has 1 rings (SSSR count). The molecule has 106 valence electrons. The van der Waals surface area contributed by atoms with Crippen molar-refractivity contribution in [3.8, 4) is 0 Å². The molecule has 0 radical (unpaired) electrons. The molecule has 1 aliphatic rings. The van der Waals surface area contributed by atoms with Crippen molar-refractivity contribution in [1.29, 1.82) is 0 Å². The van der Waals surface area contributed by atoms with E-state index in [1.54, 1.807) is 0 Å². The van der Waals surface area contributed by atoms with Crippen LogP contribution in [0.15, 0.2) is 0 Å². The third kappa shape index (κ3) is 9.46. The molecule has 1 aliphatic heterocycles. The van der Waals surface area contributed by atoms with Crippen molar-refractivity contribution in [2.75, 3.05) is 19.8 Å². The number of carbonyl (C=O) groups is 1. The summed E-state index contributed by atoms with van der Waals surface area (Å²) in [5.41, 5.74) is 0. The number of esters is 1. The molecule has 0 spiro atoms. The molecular weight excluding hydrogens is 228 g/mol. The number of rotatable bonds is 0. The smallest absolute Gasteiger partial charge is 0.305 e. The average molecular weight is 256 g/mol. The third-order valence-electron chi connectivity index (χ3n) is 3.37. The Hall–Kier alpha value is -0.570. The molecule has 0 atom stereocenters. The third-order valence-corrected chi connectivity index (χ3v) is 3.37. The van der Waals surface area contributed by atoms with Crippen molar-refractivity contribution >= 4 is 5.97 Å². The van der Waals surface area contributed by atoms with Crippen LogP contribution in [0.5, 0.6) is 0 Å². The van der Waals surface area contributed by atoms with Crippen LogP contribution in [0.4, 0.5) is 0 Å². The molecule has 0 aromatic heterocycles. The van der Waals surface area contributed by atoms with Gasteiger partial charge in [-0.05, 0) is 25.7 Å². The maximum absolute atomic E-state index is 11.4. The van der Waals surface area contributed by atoms with Crippen LogP contribution in [0, 0.1) is 0 Å². The van der Waals surface area contributed by atoms with Crippen LogP contribution in [0.25, 0.3) is 0 Å². The molecule has 0 bridgehead atoms. The van der Waals surface area contributed by atoms with E-state index in [4.69, 9.17) is 9.47 Å². The normalized spacial score (nSPS) is 23.0. The molecule has 0 aromatic rings. The Labute approximate surface area is 111 Å². The number of cyclic esters (lactones) is 1. The summed E-state index contributed by atoms with van der Waals surface area (Å²) in [5.74, 6) is -0.0276. The second kappa shape index (κ2) is 11.5. The topological polar surface area (TPSA) is 35.5 Å². The molecule has 0 N–H and O–H groups in total. The van der Waals surface area contributed by atoms with Crippen LogP contribution in [0.1, 0.15) is 70.6 Å². The lowest BCUT2D eigenvalue weighted by molar-refractivity contribution is -0.143. The molecule has 3 heteroatoms. The summed E-state index contributed by atoms with van der Waals surface area (Å²) in [6, 6.07) is 0. The summed E-state index contributed by atoms with van der Waals surface area (Å²) in [6.45, 7) is 2.36. The van der Waals surface area contributed by atoms with Gasteiger partial charge in [-0.1, -0.05) is 38.5 Å². The number of carbonyl (C=O) groups excluding carboxylic acids is 1. The van der Waals surface area contributed by atoms with Gasteiger partial charge in [-0.15, -0.1) is 0 Å². The van der Waals surface area contributed by atoms with Crippen LogP contribution in [0.3, 0.4) is 0 Å². The monoisotopic (exact) mass is 256 g/mol. The lowest BCUT2D eigenvalue weighted by atomic mass is 10.1. The first-order chi connectivity index (χ1) is 8.89. The van der Waals surface area contributed by atoms with E-state index in [1.165, 1.54) is 38.5 Å². The van der Waals surface area contributed by atoms with Gasteiger partial charge in [0.25, 0.3) is 0 Å². The minimum Gasteiger partial charge on any atom is -0.466 e. The van der Waals surface area contributed by atoms with E-state index in [-0.39, 0.29) is 5.97 Å². The summed E-state index contributed by atoms with van der Waals surface area (Å²) in [7, 11) is 0. The van der Waals surface area contributed by atoms with Crippen LogP contribution < -0.4 is 0 Å². The van der Waals surface area contributed by atoms with Crippen molar-refractivity contribution in [1.82, 2.24) is 0 Å². The highest BCUT2D eigenvalue weighted by molar-refractivity contribution is 5.69. The Kier molecular flexibility index (Phi) is 9.91. The maximum Gasteiger partial charge on any atom is 0.305 e. The van der Waals surface area contributed by atoms with Crippen molar-refractivity contribution in [2.24, 2.45) is 0 Å². The van der Waals surface area contributed by atoms with Gasteiger partial charge < -0.3 is 9.47 Å². The van der Waals surface area contributed by atoms with Gasteiger partial charge in [0, 0.05) is 19.6 Å². The molecule has 0 unspecified atom stereocenters. The largest absolute Gasteiger partial charge is 0.466 e. The fraction of sp³-hybridized carbons (Fsp3) is 0.933. The molecule has 0 aromatic carbocycles. The molecule has 0 amide bonds. The molecule has 1 saturated heterocycles. The molecule has 0 saturated carbocycles. The SMILES string of the molecule is O=C1CCCCCOCCCCCCCCCO1. The van der Waals surface area contributed by atoms with E-state index in [2.05, 4.69) is 0 Å². The van der Waals surface area contributed by atoms with Crippen LogP contribution in [-0.4, -0.2) is 25.8 Å². The van der Waals surface area contributed by atoms with E-state index in [9.17, 15) is 4.79 Å². The Bertz CT molecular complexity index is 184. The lowest BCUT2D eigenvalue weighted by Gasteiger charge is -2.04. The molecule has 3 nitrogen and oxygen atoms in total. The maximum atomic E-state index is 11.4. The van der Waals surface area contributed by atoms with E-state index in [1.807, 2.05) is 0 Å². The van der Waals surface area contributed by atoms with Crippen molar-refractivity contribution < 1.29 is 14.3 Å². The van der Waals surface area contributed by atoms with Gasteiger partial charge in [-0.2, -0.15) is 0 Å². The van der Waals surface area contributed by atoms with Gasteiger partial charge in [0.05, 0.1) is 6.61 Å². The first kappa shape index (κ1) is 15.5. The molecule has 18 heavy (non-hydrogen) atoms. The fourth-order valence-corrected chi connectivity index (χ4v) is 2.20. The van der Waals surface area contributed by atoms with E-state index >= 15 is 0 Å². The predicted octanol–water partition coefficient (Wildman–Crippen LogP) is 3.85. The van der Waals surface area contributed by atoms with E-state index in [0.717, 1.165) is 38.9 Å². The molecular formula is C15H28O3. The summed E-state index contributed by atoms with van der Waals surface area (Å²) in [6.07, 6.45) is 12.2. The Balaban J connectivity index is 2.11.